The van der Waals surface area contributed by atoms with Crippen LogP contribution in [0.1, 0.15) is 22.3 Å². The third kappa shape index (κ3) is 3.26. The van der Waals surface area contributed by atoms with Crippen molar-refractivity contribution >= 4 is 23.1 Å². The summed E-state index contributed by atoms with van der Waals surface area (Å²) in [6.45, 7) is 2.84. The average molecular weight is 425 g/mol. The van der Waals surface area contributed by atoms with E-state index in [4.69, 9.17) is 4.74 Å². The van der Waals surface area contributed by atoms with E-state index in [1.165, 1.54) is 10.5 Å². The third-order valence-corrected chi connectivity index (χ3v) is 6.16. The van der Waals surface area contributed by atoms with Crippen molar-refractivity contribution in [3.05, 3.63) is 101 Å². The fourth-order valence-electron chi connectivity index (χ4n) is 4.51. The molecule has 0 atom stereocenters. The minimum absolute atomic E-state index is 0.163. The molecule has 32 heavy (non-hydrogen) atoms. The molecule has 0 aromatic heterocycles. The van der Waals surface area contributed by atoms with Gasteiger partial charge in [0.25, 0.3) is 11.8 Å². The minimum Gasteiger partial charge on any atom is -0.496 e. The zero-order valence-corrected chi connectivity index (χ0v) is 18.2. The lowest BCUT2D eigenvalue weighted by Gasteiger charge is -2.22. The number of carbonyl (C=O) groups excluding carboxylic acids is 2. The van der Waals surface area contributed by atoms with Crippen molar-refractivity contribution in [3.63, 3.8) is 0 Å². The van der Waals surface area contributed by atoms with Crippen molar-refractivity contribution in [2.75, 3.05) is 18.6 Å². The van der Waals surface area contributed by atoms with E-state index in [1.54, 1.807) is 7.11 Å². The van der Waals surface area contributed by atoms with Gasteiger partial charge in [0, 0.05) is 17.8 Å². The Labute approximate surface area is 187 Å². The van der Waals surface area contributed by atoms with Crippen LogP contribution in [0.15, 0.2) is 78.5 Å². The van der Waals surface area contributed by atoms with Gasteiger partial charge < -0.3 is 9.64 Å². The zero-order valence-electron chi connectivity index (χ0n) is 18.2. The molecule has 3 aromatic carbocycles. The number of carbonyl (C=O) groups is 2. The highest BCUT2D eigenvalue weighted by molar-refractivity contribution is 6.36. The number of nitrogens with zero attached hydrogens (tertiary/aromatic N) is 2. The first-order valence-electron chi connectivity index (χ1n) is 10.7. The van der Waals surface area contributed by atoms with Gasteiger partial charge in [-0.2, -0.15) is 0 Å². The SMILES string of the molecule is COc1ccccc1CN1C(=O)C(c2ccc(C)cc2)=C(N2CCc3ccccc32)C1=O. The molecule has 0 saturated heterocycles. The molecule has 2 amide bonds. The molecule has 5 heteroatoms. The Balaban J connectivity index is 1.61. The van der Waals surface area contributed by atoms with Crippen LogP contribution in [-0.4, -0.2) is 30.4 Å². The maximum atomic E-state index is 13.7. The largest absolute Gasteiger partial charge is 0.496 e. The van der Waals surface area contributed by atoms with Crippen molar-refractivity contribution in [2.45, 2.75) is 19.9 Å². The van der Waals surface area contributed by atoms with Crippen molar-refractivity contribution in [2.24, 2.45) is 0 Å². The molecule has 0 spiro atoms. The Morgan fingerprint density at radius 2 is 1.59 bits per heavy atom. The summed E-state index contributed by atoms with van der Waals surface area (Å²) in [5, 5.41) is 0. The van der Waals surface area contributed by atoms with Crippen LogP contribution in [0.25, 0.3) is 5.57 Å². The fourth-order valence-corrected chi connectivity index (χ4v) is 4.51. The maximum Gasteiger partial charge on any atom is 0.278 e. The highest BCUT2D eigenvalue weighted by Gasteiger charge is 2.43. The first-order chi connectivity index (χ1) is 15.6. The van der Waals surface area contributed by atoms with Crippen LogP contribution in [0, 0.1) is 6.92 Å². The van der Waals surface area contributed by atoms with Gasteiger partial charge in [0.1, 0.15) is 11.4 Å². The van der Waals surface area contributed by atoms with Crippen LogP contribution >= 0.6 is 0 Å². The molecule has 3 aromatic rings. The van der Waals surface area contributed by atoms with E-state index in [2.05, 4.69) is 6.07 Å². The molecule has 2 aliphatic rings. The van der Waals surface area contributed by atoms with Crippen molar-refractivity contribution in [1.82, 2.24) is 4.90 Å². The molecule has 5 rings (SSSR count). The quantitative estimate of drug-likeness (QED) is 0.572. The molecule has 0 bridgehead atoms. The highest BCUT2D eigenvalue weighted by atomic mass is 16.5. The summed E-state index contributed by atoms with van der Waals surface area (Å²) in [5.41, 5.74) is 5.75. The van der Waals surface area contributed by atoms with Gasteiger partial charge in [0.15, 0.2) is 0 Å². The van der Waals surface area contributed by atoms with Gasteiger partial charge in [-0.25, -0.2) is 0 Å². The van der Waals surface area contributed by atoms with Crippen LogP contribution in [0.4, 0.5) is 5.69 Å². The predicted molar refractivity (Wildman–Crippen MR) is 124 cm³/mol. The van der Waals surface area contributed by atoms with Crippen LogP contribution < -0.4 is 9.64 Å². The molecule has 2 aliphatic heterocycles. The Morgan fingerprint density at radius 1 is 0.875 bits per heavy atom. The summed E-state index contributed by atoms with van der Waals surface area (Å²) in [5.74, 6) is 0.113. The van der Waals surface area contributed by atoms with E-state index >= 15 is 0 Å². The molecule has 0 fully saturated rings. The zero-order chi connectivity index (χ0) is 22.2. The van der Waals surface area contributed by atoms with Gasteiger partial charge in [-0.3, -0.25) is 14.5 Å². The number of imide groups is 1. The van der Waals surface area contributed by atoms with Crippen LogP contribution in [0.5, 0.6) is 5.75 Å². The Hall–Kier alpha value is -3.86. The first-order valence-corrected chi connectivity index (χ1v) is 10.7. The second-order valence-corrected chi connectivity index (χ2v) is 8.13. The lowest BCUT2D eigenvalue weighted by atomic mass is 10.0. The summed E-state index contributed by atoms with van der Waals surface area (Å²) >= 11 is 0. The third-order valence-electron chi connectivity index (χ3n) is 6.16. The predicted octanol–water partition coefficient (Wildman–Crippen LogP) is 4.35. The number of benzene rings is 3. The topological polar surface area (TPSA) is 49.9 Å². The number of fused-ring (bicyclic) bond motifs is 1. The molecule has 0 unspecified atom stereocenters. The van der Waals surface area contributed by atoms with Crippen molar-refractivity contribution < 1.29 is 14.3 Å². The first kappa shape index (κ1) is 20.1. The second-order valence-electron chi connectivity index (χ2n) is 8.13. The highest BCUT2D eigenvalue weighted by Crippen LogP contribution is 2.39. The maximum absolute atomic E-state index is 13.7. The van der Waals surface area contributed by atoms with Gasteiger partial charge in [-0.1, -0.05) is 66.2 Å². The van der Waals surface area contributed by atoms with E-state index in [9.17, 15) is 9.59 Å². The van der Waals surface area contributed by atoms with Crippen LogP contribution in [0.3, 0.4) is 0 Å². The molecule has 0 saturated carbocycles. The van der Waals surface area contributed by atoms with Crippen LogP contribution in [0.2, 0.25) is 0 Å². The van der Waals surface area contributed by atoms with Gasteiger partial charge in [0.05, 0.1) is 19.2 Å². The number of para-hydroxylation sites is 2. The number of ether oxygens (including phenoxy) is 1. The minimum atomic E-state index is -0.274. The molecule has 5 nitrogen and oxygen atoms in total. The van der Waals surface area contributed by atoms with E-state index in [0.717, 1.165) is 28.8 Å². The summed E-state index contributed by atoms with van der Waals surface area (Å²) < 4.78 is 5.45. The van der Waals surface area contributed by atoms with Gasteiger partial charge in [-0.15, -0.1) is 0 Å². The van der Waals surface area contributed by atoms with Gasteiger partial charge >= 0.3 is 0 Å². The standard InChI is InChI=1S/C27H24N2O3/c1-18-11-13-20(14-12-18)24-25(28-16-15-19-7-3-5-9-22(19)28)27(31)29(26(24)30)17-21-8-4-6-10-23(21)32-2/h3-14H,15-17H2,1-2H3. The van der Waals surface area contributed by atoms with Crippen molar-refractivity contribution in [1.29, 1.82) is 0 Å². The molecule has 0 aliphatic carbocycles. The second kappa shape index (κ2) is 8.00. The summed E-state index contributed by atoms with van der Waals surface area (Å²) in [6.07, 6.45) is 0.842. The molecule has 2 heterocycles. The summed E-state index contributed by atoms with van der Waals surface area (Å²) in [4.78, 5) is 30.7. The summed E-state index contributed by atoms with van der Waals surface area (Å²) in [7, 11) is 1.59. The van der Waals surface area contributed by atoms with E-state index in [-0.39, 0.29) is 18.4 Å². The number of anilines is 1. The Bertz CT molecular complexity index is 1240. The monoisotopic (exact) mass is 424 g/mol. The molecular weight excluding hydrogens is 400 g/mol. The lowest BCUT2D eigenvalue weighted by molar-refractivity contribution is -0.137. The molecular formula is C27H24N2O3. The molecule has 160 valence electrons. The van der Waals surface area contributed by atoms with Crippen molar-refractivity contribution in [3.8, 4) is 5.75 Å². The van der Waals surface area contributed by atoms with E-state index < -0.39 is 0 Å². The normalized spacial score (nSPS) is 15.6. The number of hydrogen-bond acceptors (Lipinski definition) is 4. The molecule has 0 N–H and O–H groups in total. The number of amides is 2. The van der Waals surface area contributed by atoms with Crippen LogP contribution in [-0.2, 0) is 22.6 Å². The van der Waals surface area contributed by atoms with E-state index in [1.807, 2.05) is 78.6 Å². The summed E-state index contributed by atoms with van der Waals surface area (Å²) in [6, 6.07) is 23.3. The Kier molecular flexibility index (Phi) is 5.02. The number of rotatable bonds is 5. The smallest absolute Gasteiger partial charge is 0.278 e. The van der Waals surface area contributed by atoms with Gasteiger partial charge in [0.2, 0.25) is 0 Å². The molecule has 0 radical (unpaired) electrons. The fraction of sp³-hybridized carbons (Fsp3) is 0.185. The number of aryl methyl sites for hydroxylation is 1. The number of methoxy groups -OCH3 is 1. The van der Waals surface area contributed by atoms with Gasteiger partial charge in [-0.05, 0) is 36.6 Å². The lowest BCUT2D eigenvalue weighted by Crippen LogP contribution is -2.34. The number of hydrogen-bond donors (Lipinski definition) is 0. The van der Waals surface area contributed by atoms with E-state index in [0.29, 0.717) is 23.6 Å². The Morgan fingerprint density at radius 3 is 2.38 bits per heavy atom. The average Bonchev–Trinajstić information content (AvgIpc) is 3.34.